The lowest BCUT2D eigenvalue weighted by molar-refractivity contribution is -0.144. The molecular weight excluding hydrogens is 398 g/mol. The minimum absolute atomic E-state index is 0.0537. The maximum Gasteiger partial charge on any atom is 0.331 e. The Morgan fingerprint density at radius 2 is 1.96 bits per heavy atom. The Morgan fingerprint density at radius 3 is 2.64 bits per heavy atom. The van der Waals surface area contributed by atoms with Crippen LogP contribution in [-0.2, 0) is 24.2 Å². The zero-order chi connectivity index (χ0) is 20.2. The Labute approximate surface area is 168 Å². The molecule has 0 saturated carbocycles. The summed E-state index contributed by atoms with van der Waals surface area (Å²) in [6.45, 7) is 1.23. The summed E-state index contributed by atoms with van der Waals surface area (Å²) in [7, 11) is -3.12. The minimum Gasteiger partial charge on any atom is -0.452 e. The molecule has 1 aromatic heterocycles. The molecule has 2 heterocycles. The van der Waals surface area contributed by atoms with Crippen molar-refractivity contribution in [2.24, 2.45) is 0 Å². The largest absolute Gasteiger partial charge is 0.452 e. The summed E-state index contributed by atoms with van der Waals surface area (Å²) in [4.78, 5) is 25.8. The van der Waals surface area contributed by atoms with E-state index < -0.39 is 33.9 Å². The maximum absolute atomic E-state index is 11.9. The van der Waals surface area contributed by atoms with Crippen LogP contribution in [0.5, 0.6) is 0 Å². The van der Waals surface area contributed by atoms with Gasteiger partial charge in [-0.1, -0.05) is 30.3 Å². The van der Waals surface area contributed by atoms with Gasteiger partial charge >= 0.3 is 5.97 Å². The maximum atomic E-state index is 11.9. The van der Waals surface area contributed by atoms with Crippen molar-refractivity contribution in [3.8, 4) is 10.4 Å². The van der Waals surface area contributed by atoms with Crippen LogP contribution >= 0.6 is 11.3 Å². The van der Waals surface area contributed by atoms with Crippen molar-refractivity contribution < 1.29 is 22.7 Å². The van der Waals surface area contributed by atoms with E-state index in [2.05, 4.69) is 5.32 Å². The third-order valence-corrected chi connectivity index (χ3v) is 7.36. The molecule has 3 rings (SSSR count). The first-order valence-electron chi connectivity index (χ1n) is 8.76. The number of esters is 1. The molecule has 1 aliphatic heterocycles. The molecule has 1 aromatic carbocycles. The van der Waals surface area contributed by atoms with Crippen LogP contribution in [0.25, 0.3) is 16.5 Å². The molecule has 148 valence electrons. The highest BCUT2D eigenvalue weighted by Crippen LogP contribution is 2.28. The number of benzene rings is 1. The van der Waals surface area contributed by atoms with E-state index in [1.165, 1.54) is 6.08 Å². The SMILES string of the molecule is C[C@]1(NC(=O)COC(=O)/C=C/c2ccc(-c3ccccc3)s2)CCS(=O)(=O)C1. The van der Waals surface area contributed by atoms with Crippen LogP contribution in [0, 0.1) is 0 Å². The Kier molecular flexibility index (Phi) is 6.00. The molecule has 0 aliphatic carbocycles. The number of carbonyl (C=O) groups is 2. The number of thiophene rings is 1. The van der Waals surface area contributed by atoms with Gasteiger partial charge in [-0.15, -0.1) is 11.3 Å². The molecule has 1 amide bonds. The topological polar surface area (TPSA) is 89.5 Å². The summed E-state index contributed by atoms with van der Waals surface area (Å²) >= 11 is 1.54. The van der Waals surface area contributed by atoms with Gasteiger partial charge in [0.25, 0.3) is 5.91 Å². The second-order valence-corrected chi connectivity index (χ2v) is 10.3. The quantitative estimate of drug-likeness (QED) is 0.574. The molecule has 1 fully saturated rings. The summed E-state index contributed by atoms with van der Waals surface area (Å²) in [5.74, 6) is -1.18. The number of hydrogen-bond donors (Lipinski definition) is 1. The fraction of sp³-hybridized carbons (Fsp3) is 0.300. The normalized spacial score (nSPS) is 20.9. The van der Waals surface area contributed by atoms with Crippen molar-refractivity contribution in [1.82, 2.24) is 5.32 Å². The number of carbonyl (C=O) groups excluding carboxylic acids is 2. The smallest absolute Gasteiger partial charge is 0.331 e. The first kappa shape index (κ1) is 20.3. The van der Waals surface area contributed by atoms with Crippen LogP contribution < -0.4 is 5.32 Å². The molecular formula is C20H21NO5S2. The molecule has 1 atom stereocenters. The van der Waals surface area contributed by atoms with Crippen molar-refractivity contribution in [2.75, 3.05) is 18.1 Å². The van der Waals surface area contributed by atoms with Crippen LogP contribution in [0.1, 0.15) is 18.2 Å². The van der Waals surface area contributed by atoms with Crippen LogP contribution in [-0.4, -0.2) is 43.9 Å². The molecule has 1 N–H and O–H groups in total. The van der Waals surface area contributed by atoms with Crippen molar-refractivity contribution >= 4 is 39.1 Å². The summed E-state index contributed by atoms with van der Waals surface area (Å²) in [6, 6.07) is 13.8. The Morgan fingerprint density at radius 1 is 1.21 bits per heavy atom. The van der Waals surface area contributed by atoms with Crippen LogP contribution in [0.2, 0.25) is 0 Å². The van der Waals surface area contributed by atoms with E-state index in [0.717, 1.165) is 15.3 Å². The zero-order valence-corrected chi connectivity index (χ0v) is 17.0. The van der Waals surface area contributed by atoms with Gasteiger partial charge in [-0.05, 0) is 37.1 Å². The Balaban J connectivity index is 1.48. The van der Waals surface area contributed by atoms with Crippen molar-refractivity contribution in [3.63, 3.8) is 0 Å². The predicted octanol–water partition coefficient (Wildman–Crippen LogP) is 2.66. The van der Waals surface area contributed by atoms with Gasteiger partial charge in [-0.2, -0.15) is 0 Å². The highest BCUT2D eigenvalue weighted by atomic mass is 32.2. The van der Waals surface area contributed by atoms with Gasteiger partial charge in [-0.25, -0.2) is 13.2 Å². The molecule has 28 heavy (non-hydrogen) atoms. The monoisotopic (exact) mass is 419 g/mol. The van der Waals surface area contributed by atoms with Crippen LogP contribution in [0.3, 0.4) is 0 Å². The number of amides is 1. The van der Waals surface area contributed by atoms with Gasteiger partial charge in [0, 0.05) is 15.8 Å². The highest BCUT2D eigenvalue weighted by molar-refractivity contribution is 7.91. The Bertz CT molecular complexity index is 995. The van der Waals surface area contributed by atoms with Gasteiger partial charge < -0.3 is 10.1 Å². The van der Waals surface area contributed by atoms with E-state index in [1.807, 2.05) is 42.5 Å². The van der Waals surface area contributed by atoms with Crippen molar-refractivity contribution in [1.29, 1.82) is 0 Å². The molecule has 0 radical (unpaired) electrons. The third kappa shape index (κ3) is 5.53. The number of rotatable bonds is 6. The summed E-state index contributed by atoms with van der Waals surface area (Å²) in [5, 5.41) is 2.64. The lowest BCUT2D eigenvalue weighted by Crippen LogP contribution is -2.48. The molecule has 0 bridgehead atoms. The molecule has 1 aliphatic rings. The molecule has 1 saturated heterocycles. The molecule has 0 unspecified atom stereocenters. The third-order valence-electron chi connectivity index (χ3n) is 4.36. The van der Waals surface area contributed by atoms with Crippen LogP contribution in [0.4, 0.5) is 0 Å². The molecule has 8 heteroatoms. The van der Waals surface area contributed by atoms with Crippen molar-refractivity contribution in [3.05, 3.63) is 53.4 Å². The van der Waals surface area contributed by atoms with E-state index in [9.17, 15) is 18.0 Å². The van der Waals surface area contributed by atoms with E-state index in [0.29, 0.717) is 6.42 Å². The standard InChI is InChI=1S/C20H21NO5S2/c1-20(11-12-28(24,25)14-20)21-18(22)13-26-19(23)10-8-16-7-9-17(27-16)15-5-3-2-4-6-15/h2-10H,11-14H2,1H3,(H,21,22)/b10-8+/t20-/m0/s1. The predicted molar refractivity (Wildman–Crippen MR) is 110 cm³/mol. The number of sulfone groups is 1. The minimum atomic E-state index is -3.12. The average Bonchev–Trinajstić information content (AvgIpc) is 3.23. The zero-order valence-electron chi connectivity index (χ0n) is 15.4. The van der Waals surface area contributed by atoms with Gasteiger partial charge in [0.2, 0.25) is 0 Å². The fourth-order valence-electron chi connectivity index (χ4n) is 3.02. The van der Waals surface area contributed by atoms with Gasteiger partial charge in [0.15, 0.2) is 16.4 Å². The van der Waals surface area contributed by atoms with Crippen LogP contribution in [0.15, 0.2) is 48.5 Å². The van der Waals surface area contributed by atoms with Gasteiger partial charge in [0.1, 0.15) is 0 Å². The second-order valence-electron chi connectivity index (χ2n) is 6.96. The molecule has 6 nitrogen and oxygen atoms in total. The lowest BCUT2D eigenvalue weighted by atomic mass is 10.0. The highest BCUT2D eigenvalue weighted by Gasteiger charge is 2.39. The van der Waals surface area contributed by atoms with E-state index in [-0.39, 0.29) is 11.5 Å². The molecule has 2 aromatic rings. The van der Waals surface area contributed by atoms with E-state index in [1.54, 1.807) is 24.3 Å². The molecule has 0 spiro atoms. The first-order chi connectivity index (χ1) is 13.2. The van der Waals surface area contributed by atoms with E-state index in [4.69, 9.17) is 4.74 Å². The van der Waals surface area contributed by atoms with Gasteiger partial charge in [-0.3, -0.25) is 4.79 Å². The average molecular weight is 420 g/mol. The summed E-state index contributed by atoms with van der Waals surface area (Å²) in [5.41, 5.74) is 0.303. The fourth-order valence-corrected chi connectivity index (χ4v) is 6.03. The van der Waals surface area contributed by atoms with E-state index >= 15 is 0 Å². The first-order valence-corrected chi connectivity index (χ1v) is 11.4. The summed E-state index contributed by atoms with van der Waals surface area (Å²) in [6.07, 6.45) is 3.27. The second kappa shape index (κ2) is 8.28. The number of ether oxygens (including phenoxy) is 1. The summed E-state index contributed by atoms with van der Waals surface area (Å²) < 4.78 is 28.1. The van der Waals surface area contributed by atoms with Gasteiger partial charge in [0.05, 0.1) is 17.0 Å². The lowest BCUT2D eigenvalue weighted by Gasteiger charge is -2.23. The number of nitrogens with one attached hydrogen (secondary N) is 1. The number of hydrogen-bond acceptors (Lipinski definition) is 6. The Hall–Kier alpha value is -2.45. The van der Waals surface area contributed by atoms with Crippen molar-refractivity contribution in [2.45, 2.75) is 18.9 Å².